The van der Waals surface area contributed by atoms with Crippen molar-refractivity contribution in [2.45, 2.75) is 71.8 Å². The Kier molecular flexibility index (Phi) is 6.26. The Morgan fingerprint density at radius 2 is 1.70 bits per heavy atom. The summed E-state index contributed by atoms with van der Waals surface area (Å²) in [6.07, 6.45) is -1.24. The maximum absolute atomic E-state index is 10.6. The summed E-state index contributed by atoms with van der Waals surface area (Å²) in [6.45, 7) is 17.3. The van der Waals surface area contributed by atoms with Crippen LogP contribution in [0.1, 0.15) is 41.5 Å². The molecule has 1 unspecified atom stereocenters. The molecule has 0 heterocycles. The molecule has 4 N–H and O–H groups in total. The average molecular weight is 305 g/mol. The van der Waals surface area contributed by atoms with Crippen LogP contribution in [0.15, 0.2) is 0 Å². The Hall–Kier alpha value is -0.593. The van der Waals surface area contributed by atoms with E-state index in [0.717, 1.165) is 0 Å². The minimum Gasteiger partial charge on any atom is -0.465 e. The third-order valence-corrected chi connectivity index (χ3v) is 8.41. The largest absolute Gasteiger partial charge is 0.465 e. The van der Waals surface area contributed by atoms with Gasteiger partial charge in [-0.15, -0.1) is 0 Å². The molecule has 0 saturated carbocycles. The molecule has 6 heteroatoms. The van der Waals surface area contributed by atoms with Crippen LogP contribution in [0.5, 0.6) is 0 Å². The Morgan fingerprint density at radius 3 is 2.00 bits per heavy atom. The third kappa shape index (κ3) is 5.81. The van der Waals surface area contributed by atoms with Crippen molar-refractivity contribution in [2.24, 2.45) is 11.1 Å². The minimum absolute atomic E-state index is 0.0937. The molecule has 1 amide bonds. The molecule has 0 aliphatic rings. The molecule has 0 bridgehead atoms. The van der Waals surface area contributed by atoms with Crippen LogP contribution in [0, 0.1) is 5.41 Å². The molecule has 2 atom stereocenters. The second-order valence-electron chi connectivity index (χ2n) is 8.01. The van der Waals surface area contributed by atoms with Gasteiger partial charge in [0.2, 0.25) is 0 Å². The molecule has 0 rings (SSSR count). The summed E-state index contributed by atoms with van der Waals surface area (Å²) >= 11 is 0. The summed E-state index contributed by atoms with van der Waals surface area (Å²) in [6, 6.07) is -0.361. The first kappa shape index (κ1) is 19.4. The summed E-state index contributed by atoms with van der Waals surface area (Å²) in [5.74, 6) is 0. The van der Waals surface area contributed by atoms with Crippen molar-refractivity contribution in [2.75, 3.05) is 6.54 Å². The molecule has 0 radical (unpaired) electrons. The van der Waals surface area contributed by atoms with Crippen molar-refractivity contribution < 1.29 is 14.3 Å². The standard InChI is InChI=1S/C14H32N2O3Si/c1-13(2,3)11(10(15)9-16-12(17)18)19-20(7,8)14(4,5)6/h10-11,16H,9,15H2,1-8H3,(H,17,18)/t10-,11?/m0/s1. The van der Waals surface area contributed by atoms with Gasteiger partial charge in [-0.05, 0) is 23.5 Å². The fourth-order valence-corrected chi connectivity index (χ4v) is 3.23. The molecule has 0 fully saturated rings. The van der Waals surface area contributed by atoms with E-state index >= 15 is 0 Å². The van der Waals surface area contributed by atoms with E-state index in [-0.39, 0.29) is 29.1 Å². The molecule has 0 aromatic heterocycles. The lowest BCUT2D eigenvalue weighted by atomic mass is 9.85. The molecule has 0 aromatic rings. The van der Waals surface area contributed by atoms with E-state index in [1.807, 2.05) is 0 Å². The van der Waals surface area contributed by atoms with Crippen LogP contribution in [0.4, 0.5) is 4.79 Å². The highest BCUT2D eigenvalue weighted by atomic mass is 28.4. The number of hydrogen-bond donors (Lipinski definition) is 3. The maximum atomic E-state index is 10.6. The van der Waals surface area contributed by atoms with Crippen molar-refractivity contribution in [1.82, 2.24) is 5.32 Å². The van der Waals surface area contributed by atoms with Gasteiger partial charge in [-0.2, -0.15) is 0 Å². The van der Waals surface area contributed by atoms with Gasteiger partial charge in [0.15, 0.2) is 8.32 Å². The lowest BCUT2D eigenvalue weighted by Gasteiger charge is -2.45. The van der Waals surface area contributed by atoms with Crippen molar-refractivity contribution in [3.63, 3.8) is 0 Å². The molecule has 0 spiro atoms. The fourth-order valence-electron chi connectivity index (χ4n) is 1.71. The van der Waals surface area contributed by atoms with Gasteiger partial charge in [-0.3, -0.25) is 0 Å². The Bertz CT molecular complexity index is 332. The maximum Gasteiger partial charge on any atom is 0.404 e. The van der Waals surface area contributed by atoms with Gasteiger partial charge in [0, 0.05) is 12.6 Å². The normalized spacial score (nSPS) is 16.6. The lowest BCUT2D eigenvalue weighted by Crippen LogP contribution is -2.56. The zero-order valence-electron chi connectivity index (χ0n) is 14.2. The predicted molar refractivity (Wildman–Crippen MR) is 85.5 cm³/mol. The quantitative estimate of drug-likeness (QED) is 0.682. The molecule has 0 aliphatic heterocycles. The molecular weight excluding hydrogens is 272 g/mol. The Labute approximate surface area is 124 Å². The van der Waals surface area contributed by atoms with Gasteiger partial charge in [-0.25, -0.2) is 4.79 Å². The van der Waals surface area contributed by atoms with Gasteiger partial charge in [0.25, 0.3) is 0 Å². The van der Waals surface area contributed by atoms with Crippen LogP contribution in [0.2, 0.25) is 18.1 Å². The molecule has 120 valence electrons. The number of hydrogen-bond acceptors (Lipinski definition) is 3. The number of nitrogens with one attached hydrogen (secondary N) is 1. The second-order valence-corrected chi connectivity index (χ2v) is 12.8. The topological polar surface area (TPSA) is 84.6 Å². The monoisotopic (exact) mass is 304 g/mol. The van der Waals surface area contributed by atoms with Gasteiger partial charge in [-0.1, -0.05) is 41.5 Å². The van der Waals surface area contributed by atoms with Crippen LogP contribution in [0.25, 0.3) is 0 Å². The van der Waals surface area contributed by atoms with Gasteiger partial charge >= 0.3 is 6.09 Å². The Balaban J connectivity index is 5.05. The molecule has 5 nitrogen and oxygen atoms in total. The number of nitrogens with two attached hydrogens (primary N) is 1. The molecule has 0 aromatic carbocycles. The van der Waals surface area contributed by atoms with E-state index in [9.17, 15) is 4.79 Å². The van der Waals surface area contributed by atoms with Gasteiger partial charge in [0.05, 0.1) is 6.10 Å². The van der Waals surface area contributed by atoms with E-state index in [2.05, 4.69) is 60.0 Å². The van der Waals surface area contributed by atoms with Crippen molar-refractivity contribution in [3.05, 3.63) is 0 Å². The Morgan fingerprint density at radius 1 is 1.25 bits per heavy atom. The number of carboxylic acid groups (broad SMARTS) is 1. The third-order valence-electron chi connectivity index (χ3n) is 3.96. The molecular formula is C14H32N2O3Si. The van der Waals surface area contributed by atoms with Crippen molar-refractivity contribution in [1.29, 1.82) is 0 Å². The van der Waals surface area contributed by atoms with Crippen molar-refractivity contribution >= 4 is 14.4 Å². The first-order chi connectivity index (χ1) is 8.68. The summed E-state index contributed by atoms with van der Waals surface area (Å²) in [4.78, 5) is 10.6. The van der Waals surface area contributed by atoms with Crippen LogP contribution < -0.4 is 11.1 Å². The highest BCUT2D eigenvalue weighted by molar-refractivity contribution is 6.74. The van der Waals surface area contributed by atoms with Gasteiger partial charge < -0.3 is 20.6 Å². The molecule has 20 heavy (non-hydrogen) atoms. The second kappa shape index (κ2) is 6.45. The van der Waals surface area contributed by atoms with Crippen LogP contribution >= 0.6 is 0 Å². The predicted octanol–water partition coefficient (Wildman–Crippen LogP) is 3.02. The van der Waals surface area contributed by atoms with E-state index in [1.54, 1.807) is 0 Å². The smallest absolute Gasteiger partial charge is 0.404 e. The lowest BCUT2D eigenvalue weighted by molar-refractivity contribution is 0.0505. The van der Waals surface area contributed by atoms with Gasteiger partial charge in [0.1, 0.15) is 0 Å². The van der Waals surface area contributed by atoms with E-state index in [0.29, 0.717) is 0 Å². The average Bonchev–Trinajstić information content (AvgIpc) is 2.19. The highest BCUT2D eigenvalue weighted by Gasteiger charge is 2.43. The van der Waals surface area contributed by atoms with Crippen LogP contribution in [-0.2, 0) is 4.43 Å². The zero-order valence-corrected chi connectivity index (χ0v) is 15.2. The van der Waals surface area contributed by atoms with E-state index < -0.39 is 14.4 Å². The summed E-state index contributed by atoms with van der Waals surface area (Å²) in [5.41, 5.74) is 6.03. The summed E-state index contributed by atoms with van der Waals surface area (Å²) < 4.78 is 6.44. The SMILES string of the molecule is CC(C)(C)C(O[Si](C)(C)C(C)(C)C)[C@@H](N)CNC(=O)O. The number of carbonyl (C=O) groups is 1. The van der Waals surface area contributed by atoms with Crippen LogP contribution in [-0.4, -0.2) is 38.2 Å². The number of rotatable bonds is 5. The first-order valence-electron chi connectivity index (χ1n) is 7.08. The van der Waals surface area contributed by atoms with E-state index in [1.165, 1.54) is 0 Å². The zero-order chi connectivity index (χ0) is 16.4. The number of amides is 1. The first-order valence-corrected chi connectivity index (χ1v) is 9.99. The van der Waals surface area contributed by atoms with Crippen molar-refractivity contribution in [3.8, 4) is 0 Å². The summed E-state index contributed by atoms with van der Waals surface area (Å²) in [5, 5.41) is 11.2. The fraction of sp³-hybridized carbons (Fsp3) is 0.929. The highest BCUT2D eigenvalue weighted by Crippen LogP contribution is 2.40. The van der Waals surface area contributed by atoms with Crippen LogP contribution in [0.3, 0.4) is 0 Å². The summed E-state index contributed by atoms with van der Waals surface area (Å²) in [7, 11) is -1.95. The molecule has 0 aliphatic carbocycles. The van der Waals surface area contributed by atoms with E-state index in [4.69, 9.17) is 15.3 Å². The molecule has 0 saturated heterocycles. The minimum atomic E-state index is -1.95.